The fraction of sp³-hybridized carbons (Fsp3) is 0. The fourth-order valence-electron chi connectivity index (χ4n) is 8.13. The van der Waals surface area contributed by atoms with Gasteiger partial charge in [-0.2, -0.15) is 0 Å². The van der Waals surface area contributed by atoms with Gasteiger partial charge in [0.2, 0.25) is 0 Å². The maximum atomic E-state index is 8.79. The highest BCUT2D eigenvalue weighted by atomic mass is 15.0. The lowest BCUT2D eigenvalue weighted by Gasteiger charge is -2.11. The number of nitrogens with zero attached hydrogens (tertiary/aromatic N) is 3. The molecule has 0 fully saturated rings. The molecule has 11 rings (SSSR count). The van der Waals surface area contributed by atoms with Crippen molar-refractivity contribution in [2.45, 2.75) is 0 Å². The zero-order chi connectivity index (χ0) is 37.8. The number of rotatable bonds is 4. The quantitative estimate of drug-likeness (QED) is 0.179. The van der Waals surface area contributed by atoms with Gasteiger partial charge >= 0.3 is 0 Å². The monoisotopic (exact) mass is 654 g/mol. The van der Waals surface area contributed by atoms with E-state index in [9.17, 15) is 0 Å². The molecule has 238 valence electrons. The van der Waals surface area contributed by atoms with E-state index in [4.69, 9.17) is 6.85 Å². The summed E-state index contributed by atoms with van der Waals surface area (Å²) in [6, 6.07) is 53.6. The van der Waals surface area contributed by atoms with Crippen molar-refractivity contribution in [3.8, 4) is 28.2 Å². The number of aromatic nitrogens is 3. The van der Waals surface area contributed by atoms with Crippen LogP contribution in [-0.2, 0) is 0 Å². The second kappa shape index (κ2) is 10.8. The first kappa shape index (κ1) is 23.5. The van der Waals surface area contributed by atoms with Crippen molar-refractivity contribution < 1.29 is 6.85 Å². The molecule has 8 aromatic carbocycles. The highest BCUT2D eigenvalue weighted by molar-refractivity contribution is 6.14. The Morgan fingerprint density at radius 2 is 0.706 bits per heavy atom. The molecule has 0 aliphatic rings. The van der Waals surface area contributed by atoms with E-state index in [2.05, 4.69) is 130 Å². The summed E-state index contributed by atoms with van der Waals surface area (Å²) in [4.78, 5) is 0. The Kier molecular flexibility index (Phi) is 4.99. The minimum atomic E-state index is -0.405. The molecule has 3 heteroatoms. The zero-order valence-corrected chi connectivity index (χ0v) is 27.4. The van der Waals surface area contributed by atoms with Crippen molar-refractivity contribution >= 4 is 65.4 Å². The van der Waals surface area contributed by atoms with E-state index < -0.39 is 6.04 Å². The molecule has 0 aliphatic carbocycles. The molecule has 0 saturated carbocycles. The van der Waals surface area contributed by atoms with Crippen LogP contribution in [0, 0.1) is 0 Å². The number of hydrogen-bond donors (Lipinski definition) is 0. The molecule has 0 spiro atoms. The molecule has 0 unspecified atom stereocenters. The second-order valence-corrected chi connectivity index (χ2v) is 13.0. The lowest BCUT2D eigenvalue weighted by molar-refractivity contribution is 1.17. The highest BCUT2D eigenvalue weighted by Crippen LogP contribution is 2.40. The molecule has 3 nitrogen and oxygen atoms in total. The molecule has 3 aromatic heterocycles. The number of benzene rings is 8. The number of fused-ring (bicyclic) bond motifs is 9. The highest BCUT2D eigenvalue weighted by Gasteiger charge is 2.18. The van der Waals surface area contributed by atoms with Gasteiger partial charge in [-0.1, -0.05) is 103 Å². The van der Waals surface area contributed by atoms with Gasteiger partial charge in [0.1, 0.15) is 0 Å². The Hall–Kier alpha value is -6.84. The number of hydrogen-bond acceptors (Lipinski definition) is 0. The van der Waals surface area contributed by atoms with Crippen molar-refractivity contribution in [2.24, 2.45) is 0 Å². The van der Waals surface area contributed by atoms with E-state index in [1.165, 1.54) is 21.8 Å². The Morgan fingerprint density at radius 1 is 0.294 bits per heavy atom. The molecular formula is C48H31N3. The zero-order valence-electron chi connectivity index (χ0n) is 32.4. The Morgan fingerprint density at radius 3 is 1.25 bits per heavy atom. The summed E-state index contributed by atoms with van der Waals surface area (Å²) in [6.07, 6.45) is 0. The van der Waals surface area contributed by atoms with Gasteiger partial charge in [-0.15, -0.1) is 0 Å². The molecule has 0 radical (unpaired) electrons. The summed E-state index contributed by atoms with van der Waals surface area (Å²) in [5, 5.41) is 6.58. The average molecular weight is 655 g/mol. The molecule has 0 atom stereocenters. The molecular weight excluding hydrogens is 619 g/mol. The SMILES string of the molecule is [2H]c1c([2H])c([2H])c(-n2c3ccccc3c3cc(-n4c5ccccc5c5cc(-c6ccc7c(c6)c6ccccc6n7-c6ccccc6)ccc54)ccc32)c([2H])c1[2H]. The predicted octanol–water partition coefficient (Wildman–Crippen LogP) is 12.6. The van der Waals surface area contributed by atoms with Crippen LogP contribution in [0.3, 0.4) is 0 Å². The minimum absolute atomic E-state index is 0.141. The first-order valence-electron chi connectivity index (χ1n) is 19.6. The van der Waals surface area contributed by atoms with Gasteiger partial charge in [0.15, 0.2) is 0 Å². The van der Waals surface area contributed by atoms with Gasteiger partial charge in [0, 0.05) is 49.4 Å². The van der Waals surface area contributed by atoms with Crippen LogP contribution in [0.1, 0.15) is 6.85 Å². The lowest BCUT2D eigenvalue weighted by atomic mass is 10.0. The molecule has 0 amide bonds. The van der Waals surface area contributed by atoms with Crippen LogP contribution in [0.2, 0.25) is 0 Å². The third-order valence-electron chi connectivity index (χ3n) is 10.3. The van der Waals surface area contributed by atoms with Crippen LogP contribution in [0.5, 0.6) is 0 Å². The van der Waals surface area contributed by atoms with Gasteiger partial charge < -0.3 is 13.7 Å². The van der Waals surface area contributed by atoms with E-state index in [1.54, 1.807) is 4.57 Å². The van der Waals surface area contributed by atoms with Crippen molar-refractivity contribution in [3.05, 3.63) is 188 Å². The summed E-state index contributed by atoms with van der Waals surface area (Å²) < 4.78 is 49.0. The smallest absolute Gasteiger partial charge is 0.0645 e. The Labute approximate surface area is 301 Å². The molecule has 0 bridgehead atoms. The first-order valence-corrected chi connectivity index (χ1v) is 17.1. The normalized spacial score (nSPS) is 13.3. The van der Waals surface area contributed by atoms with Gasteiger partial charge in [-0.3, -0.25) is 0 Å². The first-order chi connectivity index (χ1) is 27.4. The van der Waals surface area contributed by atoms with E-state index >= 15 is 0 Å². The maximum Gasteiger partial charge on any atom is 0.0645 e. The summed E-state index contributed by atoms with van der Waals surface area (Å²) in [5.41, 5.74) is 10.6. The van der Waals surface area contributed by atoms with Gasteiger partial charge in [-0.05, 0) is 96.0 Å². The average Bonchev–Trinajstić information content (AvgIpc) is 3.88. The topological polar surface area (TPSA) is 14.8 Å². The molecule has 0 saturated heterocycles. The van der Waals surface area contributed by atoms with Crippen LogP contribution in [0.4, 0.5) is 0 Å². The molecule has 0 N–H and O–H groups in total. The van der Waals surface area contributed by atoms with Crippen molar-refractivity contribution in [1.82, 2.24) is 13.7 Å². The molecule has 11 aromatic rings. The largest absolute Gasteiger partial charge is 0.309 e. The fourth-order valence-corrected chi connectivity index (χ4v) is 8.13. The van der Waals surface area contributed by atoms with Gasteiger partial charge in [0.25, 0.3) is 0 Å². The molecule has 0 aliphatic heterocycles. The standard InChI is InChI=1S/C48H31N3/c1-3-13-34(14-4-1)49-43-20-10-7-17-37(43)40-29-32(23-26-46(40)49)33-24-27-47-41(30-33)38-18-8-12-22-45(38)51(47)36-25-28-48-42(31-36)39-19-9-11-21-44(39)50(48)35-15-5-2-6-16-35/h1-31H/i2D,5D,6D,15D,16D. The second-order valence-electron chi connectivity index (χ2n) is 13.0. The Balaban J connectivity index is 1.10. The van der Waals surface area contributed by atoms with Crippen LogP contribution >= 0.6 is 0 Å². The predicted molar refractivity (Wildman–Crippen MR) is 215 cm³/mol. The lowest BCUT2D eigenvalue weighted by Crippen LogP contribution is -1.95. The van der Waals surface area contributed by atoms with Crippen molar-refractivity contribution in [1.29, 1.82) is 0 Å². The third kappa shape index (κ3) is 4.12. The summed E-state index contributed by atoms with van der Waals surface area (Å²) in [5.74, 6) is 0. The van der Waals surface area contributed by atoms with E-state index in [0.717, 1.165) is 66.1 Å². The van der Waals surface area contributed by atoms with Crippen molar-refractivity contribution in [2.75, 3.05) is 0 Å². The van der Waals surface area contributed by atoms with E-state index in [1.807, 2.05) is 36.4 Å². The molecule has 51 heavy (non-hydrogen) atoms. The number of para-hydroxylation sites is 5. The van der Waals surface area contributed by atoms with Gasteiger partial charge in [-0.25, -0.2) is 0 Å². The van der Waals surface area contributed by atoms with Crippen LogP contribution < -0.4 is 0 Å². The van der Waals surface area contributed by atoms with Crippen LogP contribution in [-0.4, -0.2) is 13.7 Å². The minimum Gasteiger partial charge on any atom is -0.309 e. The van der Waals surface area contributed by atoms with Crippen LogP contribution in [0.15, 0.2) is 188 Å². The van der Waals surface area contributed by atoms with Gasteiger partial charge in [0.05, 0.1) is 40.0 Å². The van der Waals surface area contributed by atoms with E-state index in [-0.39, 0.29) is 29.9 Å². The third-order valence-corrected chi connectivity index (χ3v) is 10.3. The van der Waals surface area contributed by atoms with E-state index in [0.29, 0.717) is 0 Å². The Bertz CT molecular complexity index is 3400. The summed E-state index contributed by atoms with van der Waals surface area (Å²) >= 11 is 0. The maximum absolute atomic E-state index is 8.79. The molecule has 3 heterocycles. The summed E-state index contributed by atoms with van der Waals surface area (Å²) in [6.45, 7) is 0. The van der Waals surface area contributed by atoms with Crippen LogP contribution in [0.25, 0.3) is 93.6 Å². The van der Waals surface area contributed by atoms with Crippen molar-refractivity contribution in [3.63, 3.8) is 0 Å². The summed E-state index contributed by atoms with van der Waals surface area (Å²) in [7, 11) is 0.